The maximum Gasteiger partial charge on any atom is 0.311 e. The highest BCUT2D eigenvalue weighted by molar-refractivity contribution is 5.71. The van der Waals surface area contributed by atoms with Gasteiger partial charge in [0.1, 0.15) is 11.4 Å². The van der Waals surface area contributed by atoms with Crippen molar-refractivity contribution in [2.24, 2.45) is 0 Å². The van der Waals surface area contributed by atoms with E-state index in [0.29, 0.717) is 18.0 Å². The predicted molar refractivity (Wildman–Crippen MR) is 112 cm³/mol. The van der Waals surface area contributed by atoms with Crippen molar-refractivity contribution in [2.45, 2.75) is 58.8 Å². The van der Waals surface area contributed by atoms with Crippen LogP contribution in [0.5, 0.6) is 5.75 Å². The van der Waals surface area contributed by atoms with Gasteiger partial charge in [0.05, 0.1) is 37.7 Å². The molecule has 0 amide bonds. The summed E-state index contributed by atoms with van der Waals surface area (Å²) in [7, 11) is 0. The van der Waals surface area contributed by atoms with Gasteiger partial charge in [-0.3, -0.25) is 9.78 Å². The van der Waals surface area contributed by atoms with Crippen molar-refractivity contribution in [3.8, 4) is 17.6 Å². The van der Waals surface area contributed by atoms with E-state index >= 15 is 0 Å². The van der Waals surface area contributed by atoms with Crippen molar-refractivity contribution >= 4 is 5.97 Å². The van der Waals surface area contributed by atoms with Crippen LogP contribution in [0, 0.1) is 18.8 Å². The first kappa shape index (κ1) is 20.9. The summed E-state index contributed by atoms with van der Waals surface area (Å²) in [4.78, 5) is 20.1. The van der Waals surface area contributed by atoms with Crippen LogP contribution in [0.3, 0.4) is 0 Å². The van der Waals surface area contributed by atoms with Crippen LogP contribution in [0.4, 0.5) is 0 Å². The topological polar surface area (TPSA) is 61.3 Å². The fourth-order valence-corrected chi connectivity index (χ4v) is 3.83. The Morgan fingerprint density at radius 3 is 2.62 bits per heavy atom. The molecule has 0 unspecified atom stereocenters. The van der Waals surface area contributed by atoms with Crippen LogP contribution in [0.2, 0.25) is 0 Å². The molecule has 0 N–H and O–H groups in total. The van der Waals surface area contributed by atoms with Crippen molar-refractivity contribution in [3.63, 3.8) is 0 Å². The van der Waals surface area contributed by atoms with Crippen LogP contribution in [0.1, 0.15) is 68.1 Å². The molecular weight excluding hydrogens is 364 g/mol. The summed E-state index contributed by atoms with van der Waals surface area (Å²) in [6.07, 6.45) is 6.51. The van der Waals surface area contributed by atoms with Crippen LogP contribution < -0.4 is 4.74 Å². The molecule has 1 aliphatic heterocycles. The molecule has 1 aliphatic rings. The summed E-state index contributed by atoms with van der Waals surface area (Å²) >= 11 is 0. The largest absolute Gasteiger partial charge is 0.493 e. The summed E-state index contributed by atoms with van der Waals surface area (Å²) in [6, 6.07) is 4.29. The molecule has 1 aromatic heterocycles. The maximum absolute atomic E-state index is 11.5. The number of hydrogen-bond acceptors (Lipinski definition) is 5. The highest BCUT2D eigenvalue weighted by Gasteiger charge is 2.35. The fourth-order valence-electron chi connectivity index (χ4n) is 3.83. The van der Waals surface area contributed by atoms with Gasteiger partial charge in [-0.25, -0.2) is 4.98 Å². The zero-order valence-corrected chi connectivity index (χ0v) is 17.7. The van der Waals surface area contributed by atoms with Gasteiger partial charge in [-0.15, -0.1) is 0 Å². The molecule has 2 heterocycles. The van der Waals surface area contributed by atoms with Gasteiger partial charge in [0.2, 0.25) is 0 Å². The molecule has 29 heavy (non-hydrogen) atoms. The van der Waals surface area contributed by atoms with E-state index in [2.05, 4.69) is 54.7 Å². The van der Waals surface area contributed by atoms with Crippen molar-refractivity contribution in [2.75, 3.05) is 13.2 Å². The standard InChI is InChI=1S/C24H28N2O3/c1-5-24(6-2)10-11-29-22-12-17(4)18(13-21(22)24)8-9-19-15-26-20(16-25-19)14-23(27)28-7-3/h12-13,15-16H,5-7,10-11,14H2,1-4H3. The number of ether oxygens (including phenoxy) is 2. The number of carbonyl (C=O) groups excluding carboxylic acids is 1. The molecule has 5 nitrogen and oxygen atoms in total. The van der Waals surface area contributed by atoms with Crippen LogP contribution >= 0.6 is 0 Å². The Kier molecular flexibility index (Phi) is 6.53. The summed E-state index contributed by atoms with van der Waals surface area (Å²) in [5.41, 5.74) is 4.64. The van der Waals surface area contributed by atoms with E-state index < -0.39 is 0 Å². The van der Waals surface area contributed by atoms with Gasteiger partial charge in [-0.1, -0.05) is 19.8 Å². The molecule has 1 aromatic carbocycles. The minimum atomic E-state index is -0.303. The molecule has 152 valence electrons. The van der Waals surface area contributed by atoms with E-state index in [0.717, 1.165) is 42.7 Å². The average Bonchev–Trinajstić information content (AvgIpc) is 2.73. The smallest absolute Gasteiger partial charge is 0.311 e. The van der Waals surface area contributed by atoms with E-state index in [1.165, 1.54) is 5.56 Å². The normalized spacial score (nSPS) is 14.2. The zero-order valence-electron chi connectivity index (χ0n) is 17.7. The fraction of sp³-hybridized carbons (Fsp3) is 0.458. The van der Waals surface area contributed by atoms with Gasteiger partial charge in [-0.2, -0.15) is 0 Å². The molecule has 0 aliphatic carbocycles. The van der Waals surface area contributed by atoms with Gasteiger partial charge < -0.3 is 9.47 Å². The molecule has 5 heteroatoms. The number of aromatic nitrogens is 2. The predicted octanol–water partition coefficient (Wildman–Crippen LogP) is 4.13. The van der Waals surface area contributed by atoms with Crippen molar-refractivity contribution in [3.05, 3.63) is 52.6 Å². The molecule has 2 aromatic rings. The Labute approximate surface area is 172 Å². The lowest BCUT2D eigenvalue weighted by atomic mass is 9.71. The second kappa shape index (κ2) is 9.09. The van der Waals surface area contributed by atoms with E-state index in [1.807, 2.05) is 0 Å². The van der Waals surface area contributed by atoms with E-state index in [9.17, 15) is 4.79 Å². The molecule has 0 bridgehead atoms. The molecule has 0 atom stereocenters. The number of aryl methyl sites for hydroxylation is 1. The second-order valence-corrected chi connectivity index (χ2v) is 7.37. The molecule has 3 rings (SSSR count). The number of benzene rings is 1. The third-order valence-electron chi connectivity index (χ3n) is 5.75. The molecule has 0 fully saturated rings. The average molecular weight is 392 g/mol. The minimum absolute atomic E-state index is 0.120. The Morgan fingerprint density at radius 2 is 1.97 bits per heavy atom. The Bertz CT molecular complexity index is 935. The number of nitrogens with zero attached hydrogens (tertiary/aromatic N) is 2. The van der Waals surface area contributed by atoms with Gasteiger partial charge >= 0.3 is 5.97 Å². The van der Waals surface area contributed by atoms with Crippen molar-refractivity contribution < 1.29 is 14.3 Å². The molecule has 0 saturated carbocycles. The van der Waals surface area contributed by atoms with Gasteiger partial charge in [0, 0.05) is 16.5 Å². The maximum atomic E-state index is 11.5. The highest BCUT2D eigenvalue weighted by atomic mass is 16.5. The third kappa shape index (κ3) is 4.59. The molecular formula is C24H28N2O3. The number of carbonyl (C=O) groups is 1. The minimum Gasteiger partial charge on any atom is -0.493 e. The van der Waals surface area contributed by atoms with Crippen LogP contribution in [-0.4, -0.2) is 29.2 Å². The first-order valence-corrected chi connectivity index (χ1v) is 10.3. The Morgan fingerprint density at radius 1 is 1.17 bits per heavy atom. The lowest BCUT2D eigenvalue weighted by Gasteiger charge is -2.38. The summed E-state index contributed by atoms with van der Waals surface area (Å²) in [6.45, 7) is 9.46. The first-order valence-electron chi connectivity index (χ1n) is 10.3. The van der Waals surface area contributed by atoms with Gasteiger partial charge in [0.15, 0.2) is 0 Å². The Hall–Kier alpha value is -2.87. The first-order chi connectivity index (χ1) is 14.0. The number of fused-ring (bicyclic) bond motifs is 1. The molecule has 0 radical (unpaired) electrons. The van der Waals surface area contributed by atoms with E-state index in [4.69, 9.17) is 9.47 Å². The number of esters is 1. The van der Waals surface area contributed by atoms with Gasteiger partial charge in [-0.05, 0) is 56.7 Å². The lowest BCUT2D eigenvalue weighted by Crippen LogP contribution is -2.32. The number of hydrogen-bond donors (Lipinski definition) is 0. The summed E-state index contributed by atoms with van der Waals surface area (Å²) in [5, 5.41) is 0. The van der Waals surface area contributed by atoms with Crippen LogP contribution in [-0.2, 0) is 21.4 Å². The monoisotopic (exact) mass is 392 g/mol. The van der Waals surface area contributed by atoms with Crippen molar-refractivity contribution in [1.82, 2.24) is 9.97 Å². The second-order valence-electron chi connectivity index (χ2n) is 7.37. The summed E-state index contributed by atoms with van der Waals surface area (Å²) < 4.78 is 10.9. The molecule has 0 saturated heterocycles. The summed E-state index contributed by atoms with van der Waals surface area (Å²) in [5.74, 6) is 7.03. The molecule has 0 spiro atoms. The van der Waals surface area contributed by atoms with Crippen molar-refractivity contribution in [1.29, 1.82) is 0 Å². The number of rotatable bonds is 5. The SMILES string of the molecule is CCOC(=O)Cc1cnc(C#Cc2cc3c(cc2C)OCCC3(CC)CC)cn1. The Balaban J connectivity index is 1.85. The van der Waals surface area contributed by atoms with Crippen LogP contribution in [0.25, 0.3) is 0 Å². The quantitative estimate of drug-likeness (QED) is 0.566. The van der Waals surface area contributed by atoms with E-state index in [-0.39, 0.29) is 17.8 Å². The van der Waals surface area contributed by atoms with E-state index in [1.54, 1.807) is 19.3 Å². The van der Waals surface area contributed by atoms with Gasteiger partial charge in [0.25, 0.3) is 0 Å². The van der Waals surface area contributed by atoms with Crippen LogP contribution in [0.15, 0.2) is 24.5 Å². The lowest BCUT2D eigenvalue weighted by molar-refractivity contribution is -0.142. The highest BCUT2D eigenvalue weighted by Crippen LogP contribution is 2.44. The third-order valence-corrected chi connectivity index (χ3v) is 5.75. The zero-order chi connectivity index (χ0) is 20.9.